The van der Waals surface area contributed by atoms with Crippen LogP contribution in [0.2, 0.25) is 0 Å². The minimum absolute atomic E-state index is 0. The van der Waals surface area contributed by atoms with Gasteiger partial charge in [-0.25, -0.2) is 0 Å². The summed E-state index contributed by atoms with van der Waals surface area (Å²) in [6.45, 7) is 0.850. The van der Waals surface area contributed by atoms with Crippen molar-refractivity contribution in [1.82, 2.24) is 11.1 Å². The zero-order valence-electron chi connectivity index (χ0n) is 5.27. The lowest BCUT2D eigenvalue weighted by molar-refractivity contribution is -0.126. The van der Waals surface area contributed by atoms with Crippen LogP contribution in [0.15, 0.2) is 0 Å². The highest BCUT2D eigenvalue weighted by atomic mass is 35.5. The largest absolute Gasteiger partial charge is 0.344 e. The van der Waals surface area contributed by atoms with Crippen LogP contribution < -0.4 is 6.15 Å². The van der Waals surface area contributed by atoms with Crippen molar-refractivity contribution in [3.05, 3.63) is 0 Å². The summed E-state index contributed by atoms with van der Waals surface area (Å²) >= 11 is 5.41. The second-order valence-electron chi connectivity index (χ2n) is 1.88. The molecule has 1 saturated heterocycles. The Kier molecular flexibility index (Phi) is 3.58. The lowest BCUT2D eigenvalue weighted by Gasteiger charge is -2.08. The second-order valence-corrected chi connectivity index (χ2v) is 2.12. The van der Waals surface area contributed by atoms with Gasteiger partial charge in [0.2, 0.25) is 5.91 Å². The third-order valence-corrected chi connectivity index (χ3v) is 1.60. The normalized spacial score (nSPS) is 17.9. The molecule has 0 bridgehead atoms. The van der Waals surface area contributed by atoms with Crippen LogP contribution in [0.25, 0.3) is 0 Å². The van der Waals surface area contributed by atoms with Crippen molar-refractivity contribution in [2.75, 3.05) is 12.5 Å². The first-order valence-electron chi connectivity index (χ1n) is 2.68. The molecule has 1 amide bonds. The van der Waals surface area contributed by atoms with Gasteiger partial charge in [-0.3, -0.25) is 4.79 Å². The van der Waals surface area contributed by atoms with Crippen molar-refractivity contribution < 1.29 is 4.79 Å². The zero-order chi connectivity index (χ0) is 5.98. The van der Waals surface area contributed by atoms with E-state index in [0.29, 0.717) is 12.4 Å². The Morgan fingerprint density at radius 2 is 2.33 bits per heavy atom. The molecule has 0 spiro atoms. The molecule has 3 N–H and O–H groups in total. The van der Waals surface area contributed by atoms with Gasteiger partial charge in [0.1, 0.15) is 0 Å². The number of carbonyl (C=O) groups is 1. The Labute approximate surface area is 59.6 Å². The van der Waals surface area contributed by atoms with Crippen LogP contribution in [0.5, 0.6) is 0 Å². The molecule has 54 valence electrons. The highest BCUT2D eigenvalue weighted by Gasteiger charge is 2.17. The van der Waals surface area contributed by atoms with Crippen molar-refractivity contribution in [2.45, 2.75) is 12.8 Å². The van der Waals surface area contributed by atoms with Gasteiger partial charge in [-0.05, 0) is 6.42 Å². The molecular formula is C5H11ClN2O. The summed E-state index contributed by atoms with van der Waals surface area (Å²) < 4.78 is 0. The zero-order valence-corrected chi connectivity index (χ0v) is 6.02. The van der Waals surface area contributed by atoms with Gasteiger partial charge >= 0.3 is 0 Å². The molecule has 1 aliphatic rings. The van der Waals surface area contributed by atoms with Gasteiger partial charge in [0, 0.05) is 13.0 Å². The van der Waals surface area contributed by atoms with Gasteiger partial charge in [0.15, 0.2) is 0 Å². The number of likely N-dealkylation sites (tertiary alicyclic amines) is 1. The fourth-order valence-electron chi connectivity index (χ4n) is 0.830. The van der Waals surface area contributed by atoms with E-state index in [1.54, 1.807) is 4.90 Å². The summed E-state index contributed by atoms with van der Waals surface area (Å²) in [6, 6.07) is 0.360. The number of hydrogen-bond donors (Lipinski definition) is 1. The van der Waals surface area contributed by atoms with Crippen LogP contribution in [0.1, 0.15) is 12.8 Å². The van der Waals surface area contributed by atoms with E-state index in [1.807, 2.05) is 0 Å². The smallest absolute Gasteiger partial charge is 0.223 e. The average molecular weight is 151 g/mol. The van der Waals surface area contributed by atoms with Gasteiger partial charge in [0.05, 0.1) is 6.00 Å². The average Bonchev–Trinajstić information content (AvgIpc) is 2.14. The van der Waals surface area contributed by atoms with Crippen molar-refractivity contribution in [2.24, 2.45) is 0 Å². The molecule has 0 aromatic carbocycles. The molecule has 0 radical (unpaired) electrons. The fourth-order valence-corrected chi connectivity index (χ4v) is 1.08. The summed E-state index contributed by atoms with van der Waals surface area (Å²) in [5.41, 5.74) is 0. The Morgan fingerprint density at radius 1 is 1.67 bits per heavy atom. The van der Waals surface area contributed by atoms with Gasteiger partial charge in [0.25, 0.3) is 0 Å². The number of carbonyl (C=O) groups excluding carboxylic acids is 1. The molecule has 4 heteroatoms. The molecule has 0 atom stereocenters. The van der Waals surface area contributed by atoms with Gasteiger partial charge < -0.3 is 11.1 Å². The standard InChI is InChI=1S/C5H8ClNO.H3N/c6-4-7-3-1-2-5(7)8;/h1-4H2;1H3. The van der Waals surface area contributed by atoms with E-state index in [2.05, 4.69) is 0 Å². The van der Waals surface area contributed by atoms with Crippen molar-refractivity contribution in [3.63, 3.8) is 0 Å². The molecule has 0 aromatic heterocycles. The number of nitrogens with zero attached hydrogens (tertiary/aromatic N) is 1. The Hall–Kier alpha value is -0.280. The van der Waals surface area contributed by atoms with Crippen molar-refractivity contribution in [1.29, 1.82) is 0 Å². The lowest BCUT2D eigenvalue weighted by Crippen LogP contribution is -2.22. The molecule has 0 aromatic rings. The summed E-state index contributed by atoms with van der Waals surface area (Å²) in [4.78, 5) is 12.3. The third kappa shape index (κ3) is 1.84. The predicted octanol–water partition coefficient (Wildman–Crippen LogP) is 0.967. The van der Waals surface area contributed by atoms with Crippen LogP contribution in [0.3, 0.4) is 0 Å². The maximum Gasteiger partial charge on any atom is 0.223 e. The summed E-state index contributed by atoms with van der Waals surface area (Å²) in [5.74, 6) is 0.194. The minimum Gasteiger partial charge on any atom is -0.344 e. The van der Waals surface area contributed by atoms with E-state index in [1.165, 1.54) is 0 Å². The quantitative estimate of drug-likeness (QED) is 0.447. The first-order chi connectivity index (χ1) is 3.84. The number of amides is 1. The number of hydrogen-bond acceptors (Lipinski definition) is 2. The Balaban J connectivity index is 0.000000640. The maximum atomic E-state index is 10.6. The SMILES string of the molecule is N.O=C1CCCN1CCl. The van der Waals surface area contributed by atoms with E-state index in [0.717, 1.165) is 13.0 Å². The van der Waals surface area contributed by atoms with E-state index in [4.69, 9.17) is 11.6 Å². The molecule has 1 rings (SSSR count). The first kappa shape index (κ1) is 8.72. The molecule has 1 fully saturated rings. The monoisotopic (exact) mass is 150 g/mol. The molecule has 0 aliphatic carbocycles. The van der Waals surface area contributed by atoms with Gasteiger partial charge in [-0.15, -0.1) is 11.6 Å². The van der Waals surface area contributed by atoms with E-state index in [9.17, 15) is 4.79 Å². The Bertz CT molecular complexity index is 107. The minimum atomic E-state index is 0. The number of halogens is 1. The van der Waals surface area contributed by atoms with Crippen LogP contribution >= 0.6 is 11.6 Å². The van der Waals surface area contributed by atoms with Gasteiger partial charge in [-0.2, -0.15) is 0 Å². The number of alkyl halides is 1. The molecule has 1 aliphatic heterocycles. The molecule has 0 saturated carbocycles. The van der Waals surface area contributed by atoms with Gasteiger partial charge in [-0.1, -0.05) is 0 Å². The predicted molar refractivity (Wildman–Crippen MR) is 36.7 cm³/mol. The molecule has 3 nitrogen and oxygen atoms in total. The third-order valence-electron chi connectivity index (χ3n) is 1.32. The topological polar surface area (TPSA) is 55.3 Å². The molecular weight excluding hydrogens is 140 g/mol. The Morgan fingerprint density at radius 3 is 2.56 bits per heavy atom. The van der Waals surface area contributed by atoms with E-state index >= 15 is 0 Å². The number of rotatable bonds is 1. The van der Waals surface area contributed by atoms with Crippen LogP contribution in [0.4, 0.5) is 0 Å². The van der Waals surface area contributed by atoms with E-state index in [-0.39, 0.29) is 12.1 Å². The van der Waals surface area contributed by atoms with Crippen molar-refractivity contribution >= 4 is 17.5 Å². The highest BCUT2D eigenvalue weighted by molar-refractivity contribution is 6.18. The summed E-state index contributed by atoms with van der Waals surface area (Å²) in [7, 11) is 0. The first-order valence-corrected chi connectivity index (χ1v) is 3.22. The molecule has 1 heterocycles. The van der Waals surface area contributed by atoms with E-state index < -0.39 is 0 Å². The van der Waals surface area contributed by atoms with Crippen LogP contribution in [0, 0.1) is 0 Å². The second kappa shape index (κ2) is 3.69. The highest BCUT2D eigenvalue weighted by Crippen LogP contribution is 2.08. The molecule has 0 unspecified atom stereocenters. The van der Waals surface area contributed by atoms with Crippen LogP contribution in [-0.4, -0.2) is 23.4 Å². The summed E-state index contributed by atoms with van der Waals surface area (Å²) in [5, 5.41) is 0. The lowest BCUT2D eigenvalue weighted by atomic mass is 10.4. The summed E-state index contributed by atoms with van der Waals surface area (Å²) in [6.07, 6.45) is 1.66. The van der Waals surface area contributed by atoms with Crippen molar-refractivity contribution in [3.8, 4) is 0 Å². The van der Waals surface area contributed by atoms with Crippen LogP contribution in [-0.2, 0) is 4.79 Å². The maximum absolute atomic E-state index is 10.6. The fraction of sp³-hybridized carbons (Fsp3) is 0.800. The molecule has 9 heavy (non-hydrogen) atoms.